The predicted molar refractivity (Wildman–Crippen MR) is 242 cm³/mol. The number of hydrogen-bond acceptors (Lipinski definition) is 7. The molecule has 6 aromatic rings. The largest absolute Gasteiger partial charge is 0.381 e. The zero-order valence-corrected chi connectivity index (χ0v) is 36.1. The highest BCUT2D eigenvalue weighted by Gasteiger charge is 2.30. The van der Waals surface area contributed by atoms with E-state index in [1.54, 1.807) is 62.6 Å². The first-order valence-electron chi connectivity index (χ1n) is 20.6. The molecule has 1 fully saturated rings. The third kappa shape index (κ3) is 7.80. The third-order valence-electron chi connectivity index (χ3n) is 12.2. The van der Waals surface area contributed by atoms with Gasteiger partial charge in [-0.3, -0.25) is 13.5 Å². The Hall–Kier alpha value is -5.18. The lowest BCUT2D eigenvalue weighted by molar-refractivity contribution is 0.0289. The molecule has 60 heavy (non-hydrogen) atoms. The smallest absolute Gasteiger partial charge is 0.264 e. The molecule has 0 unspecified atom stereocenters. The van der Waals surface area contributed by atoms with Gasteiger partial charge in [0.05, 0.1) is 21.2 Å². The van der Waals surface area contributed by atoms with Crippen molar-refractivity contribution >= 4 is 53.2 Å². The average Bonchev–Trinajstić information content (AvgIpc) is 3.77. The van der Waals surface area contributed by atoms with Crippen molar-refractivity contribution in [1.29, 1.82) is 0 Å². The van der Waals surface area contributed by atoms with Gasteiger partial charge in [0.2, 0.25) is 0 Å². The second kappa shape index (κ2) is 17.4. The lowest BCUT2D eigenvalue weighted by atomic mass is 9.99. The van der Waals surface area contributed by atoms with Crippen LogP contribution in [0.4, 0.5) is 11.4 Å². The molecule has 0 spiro atoms. The second-order valence-electron chi connectivity index (χ2n) is 15.6. The van der Waals surface area contributed by atoms with E-state index in [-0.39, 0.29) is 0 Å². The third-order valence-corrected chi connectivity index (χ3v) is 15.8. The van der Waals surface area contributed by atoms with Gasteiger partial charge in [0.1, 0.15) is 0 Å². The molecule has 3 aliphatic rings. The van der Waals surface area contributed by atoms with E-state index < -0.39 is 20.0 Å². The molecule has 314 valence electrons. The van der Waals surface area contributed by atoms with Crippen LogP contribution < -0.4 is 13.9 Å². The number of hydrogen-bond donors (Lipinski definition) is 1. The van der Waals surface area contributed by atoms with Crippen molar-refractivity contribution in [1.82, 2.24) is 19.4 Å². The molecule has 0 radical (unpaired) electrons. The van der Waals surface area contributed by atoms with Crippen molar-refractivity contribution in [3.63, 3.8) is 0 Å². The number of allylic oxidation sites excluding steroid dienone is 2. The minimum atomic E-state index is -3.63. The summed E-state index contributed by atoms with van der Waals surface area (Å²) in [5, 5.41) is 5.66. The summed E-state index contributed by atoms with van der Waals surface area (Å²) in [7, 11) is -3.98. The van der Waals surface area contributed by atoms with Crippen LogP contribution in [0, 0.1) is 0 Å². The molecule has 1 N–H and O–H groups in total. The van der Waals surface area contributed by atoms with Crippen molar-refractivity contribution < 1.29 is 21.6 Å². The molecular formula is C47H54N6O5S2. The van der Waals surface area contributed by atoms with Crippen LogP contribution >= 0.6 is 0 Å². The summed E-state index contributed by atoms with van der Waals surface area (Å²) in [4.78, 5) is 3.17. The maximum Gasteiger partial charge on any atom is 0.264 e. The first kappa shape index (κ1) is 41.5. The topological polar surface area (TPSA) is 109 Å². The molecule has 3 aliphatic heterocycles. The lowest BCUT2D eigenvalue weighted by Gasteiger charge is -2.37. The molecule has 1 saturated heterocycles. The zero-order chi connectivity index (χ0) is 42.0. The Morgan fingerprint density at radius 1 is 0.700 bits per heavy atom. The molecule has 13 heteroatoms. The highest BCUT2D eigenvalue weighted by Crippen LogP contribution is 2.37. The first-order valence-corrected chi connectivity index (χ1v) is 23.5. The fourth-order valence-corrected chi connectivity index (χ4v) is 11.5. The molecule has 0 aliphatic carbocycles. The molecule has 0 saturated carbocycles. The number of ether oxygens (including phenoxy) is 1. The number of nitrogens with zero attached hydrogens (tertiary/aromatic N) is 5. The van der Waals surface area contributed by atoms with E-state index in [0.717, 1.165) is 100.0 Å². The Kier molecular flexibility index (Phi) is 12.1. The highest BCUT2D eigenvalue weighted by molar-refractivity contribution is 7.93. The minimum Gasteiger partial charge on any atom is -0.381 e. The number of anilines is 2. The van der Waals surface area contributed by atoms with E-state index in [4.69, 9.17) is 4.74 Å². The summed E-state index contributed by atoms with van der Waals surface area (Å²) < 4.78 is 65.3. The zero-order valence-electron chi connectivity index (χ0n) is 34.5. The highest BCUT2D eigenvalue weighted by atomic mass is 32.2. The summed E-state index contributed by atoms with van der Waals surface area (Å²) in [6, 6.07) is 29.6. The van der Waals surface area contributed by atoms with Gasteiger partial charge in [-0.05, 0) is 84.6 Å². The molecule has 2 aromatic heterocycles. The van der Waals surface area contributed by atoms with Crippen LogP contribution in [0.3, 0.4) is 0 Å². The van der Waals surface area contributed by atoms with E-state index in [1.807, 2.05) is 54.6 Å². The summed E-state index contributed by atoms with van der Waals surface area (Å²) in [6.07, 6.45) is 7.94. The van der Waals surface area contributed by atoms with Gasteiger partial charge in [0, 0.05) is 119 Å². The van der Waals surface area contributed by atoms with E-state index in [9.17, 15) is 16.8 Å². The van der Waals surface area contributed by atoms with Gasteiger partial charge in [-0.25, -0.2) is 16.8 Å². The molecule has 11 nitrogen and oxygen atoms in total. The van der Waals surface area contributed by atoms with Crippen molar-refractivity contribution in [2.24, 2.45) is 0 Å². The van der Waals surface area contributed by atoms with Crippen LogP contribution in [0.25, 0.3) is 21.8 Å². The Morgan fingerprint density at radius 2 is 1.20 bits per heavy atom. The number of nitrogens with one attached hydrogen (secondary N) is 1. The van der Waals surface area contributed by atoms with Gasteiger partial charge < -0.3 is 19.2 Å². The SMILES string of the molecule is C=CCn1c2c(c3cc(N(C)S(=O)(=O)c4ccccc4)ccc31)CN(C1CCOCC1)CC2.C=CCn1c2c(c3cc(N(C)S(=O)(=O)c4ccccc4)ccc31)CNCC2. The van der Waals surface area contributed by atoms with Gasteiger partial charge in [0.25, 0.3) is 20.0 Å². The standard InChI is InChI=1S/C26H31N3O3S.C21H23N3O2S/c1-3-14-29-25-10-9-21(27(2)33(30,31)22-7-5-4-6-8-22)18-23(25)24-19-28(15-11-26(24)29)20-12-16-32-17-13-20;1-3-13-24-20-10-9-16(14-18(20)19-15-22-12-11-21(19)24)23(2)27(25,26)17-7-5-4-6-8-17/h3-10,18,20H,1,11-17,19H2,2H3;3-10,14,22H,1,11-13,15H2,2H3. The molecule has 0 atom stereocenters. The van der Waals surface area contributed by atoms with Gasteiger partial charge in [-0.2, -0.15) is 0 Å². The van der Waals surface area contributed by atoms with E-state index in [2.05, 4.69) is 38.6 Å². The maximum atomic E-state index is 13.2. The summed E-state index contributed by atoms with van der Waals surface area (Å²) in [5.74, 6) is 0. The maximum absolute atomic E-state index is 13.2. The van der Waals surface area contributed by atoms with Gasteiger partial charge in [-0.15, -0.1) is 13.2 Å². The summed E-state index contributed by atoms with van der Waals surface area (Å²) in [6.45, 7) is 14.7. The van der Waals surface area contributed by atoms with Crippen molar-refractivity contribution in [3.8, 4) is 0 Å². The monoisotopic (exact) mass is 846 g/mol. The Morgan fingerprint density at radius 3 is 1.72 bits per heavy atom. The molecule has 0 bridgehead atoms. The van der Waals surface area contributed by atoms with E-state index in [1.165, 1.54) is 31.1 Å². The number of sulfonamides is 2. The van der Waals surface area contributed by atoms with Gasteiger partial charge in [0.15, 0.2) is 0 Å². The van der Waals surface area contributed by atoms with Crippen LogP contribution in [0.1, 0.15) is 35.4 Å². The molecular weight excluding hydrogens is 793 g/mol. The second-order valence-corrected chi connectivity index (χ2v) is 19.6. The number of aromatic nitrogens is 2. The quantitative estimate of drug-likeness (QED) is 0.135. The summed E-state index contributed by atoms with van der Waals surface area (Å²) >= 11 is 0. The number of fused-ring (bicyclic) bond motifs is 6. The lowest BCUT2D eigenvalue weighted by Crippen LogP contribution is -2.42. The number of benzene rings is 4. The predicted octanol–water partition coefficient (Wildman–Crippen LogP) is 7.49. The van der Waals surface area contributed by atoms with E-state index in [0.29, 0.717) is 27.2 Å². The molecule has 4 aromatic carbocycles. The normalized spacial score (nSPS) is 16.1. The molecule has 9 rings (SSSR count). The minimum absolute atomic E-state index is 0.292. The number of rotatable bonds is 11. The van der Waals surface area contributed by atoms with Crippen molar-refractivity contribution in [3.05, 3.63) is 145 Å². The van der Waals surface area contributed by atoms with Crippen molar-refractivity contribution in [2.45, 2.75) is 67.7 Å². The Labute approximate surface area is 354 Å². The van der Waals surface area contributed by atoms with Crippen LogP contribution in [0.2, 0.25) is 0 Å². The van der Waals surface area contributed by atoms with Crippen LogP contribution in [0.15, 0.2) is 132 Å². The summed E-state index contributed by atoms with van der Waals surface area (Å²) in [5.41, 5.74) is 8.83. The fourth-order valence-electron chi connectivity index (χ4n) is 9.03. The van der Waals surface area contributed by atoms with Gasteiger partial charge in [-0.1, -0.05) is 48.6 Å². The van der Waals surface area contributed by atoms with Crippen LogP contribution in [0.5, 0.6) is 0 Å². The van der Waals surface area contributed by atoms with Gasteiger partial charge >= 0.3 is 0 Å². The average molecular weight is 847 g/mol. The molecule has 5 heterocycles. The van der Waals surface area contributed by atoms with Crippen LogP contribution in [-0.2, 0) is 63.8 Å². The first-order chi connectivity index (χ1) is 29.0. The Balaban J connectivity index is 0.000000170. The Bertz CT molecular complexity index is 2740. The van der Waals surface area contributed by atoms with Crippen LogP contribution in [-0.4, -0.2) is 77.3 Å². The molecule has 0 amide bonds. The fraction of sp³-hybridized carbons (Fsp3) is 0.319. The van der Waals surface area contributed by atoms with Crippen molar-refractivity contribution in [2.75, 3.05) is 49.0 Å². The van der Waals surface area contributed by atoms with E-state index >= 15 is 0 Å².